The maximum Gasteiger partial charge on any atom is 0.251 e. The normalized spacial score (nSPS) is 11.7. The van der Waals surface area contributed by atoms with Gasteiger partial charge in [-0.3, -0.25) is 9.59 Å². The minimum absolute atomic E-state index is 0.275. The van der Waals surface area contributed by atoms with Gasteiger partial charge in [0.15, 0.2) is 0 Å². The Morgan fingerprint density at radius 2 is 1.71 bits per heavy atom. The van der Waals surface area contributed by atoms with Crippen molar-refractivity contribution in [2.75, 3.05) is 0 Å². The highest BCUT2D eigenvalue weighted by molar-refractivity contribution is 5.99. The standard InChI is InChI=1S/C16H15FN2O2/c1-10(11-5-7-14(17)8-6-11)19-16(21)13-4-2-3-12(9-13)15(18)20/h2-10H,1H3,(H2,18,20)(H,19,21). The molecule has 0 bridgehead atoms. The zero-order chi connectivity index (χ0) is 15.4. The first-order valence-corrected chi connectivity index (χ1v) is 6.43. The van der Waals surface area contributed by atoms with Gasteiger partial charge in [0.1, 0.15) is 5.82 Å². The summed E-state index contributed by atoms with van der Waals surface area (Å²) in [6, 6.07) is 11.8. The lowest BCUT2D eigenvalue weighted by atomic mass is 10.1. The van der Waals surface area contributed by atoms with Crippen LogP contribution in [0.2, 0.25) is 0 Å². The molecule has 1 atom stereocenters. The number of hydrogen-bond acceptors (Lipinski definition) is 2. The number of amides is 2. The molecule has 0 aliphatic carbocycles. The maximum absolute atomic E-state index is 12.9. The molecule has 0 spiro atoms. The van der Waals surface area contributed by atoms with Crippen molar-refractivity contribution in [1.29, 1.82) is 0 Å². The van der Waals surface area contributed by atoms with Gasteiger partial charge in [-0.05, 0) is 42.8 Å². The molecule has 0 heterocycles. The largest absolute Gasteiger partial charge is 0.366 e. The second-order valence-corrected chi connectivity index (χ2v) is 4.69. The van der Waals surface area contributed by atoms with Gasteiger partial charge in [-0.15, -0.1) is 0 Å². The molecule has 2 amide bonds. The van der Waals surface area contributed by atoms with E-state index in [2.05, 4.69) is 5.32 Å². The van der Waals surface area contributed by atoms with Crippen LogP contribution >= 0.6 is 0 Å². The van der Waals surface area contributed by atoms with Crippen molar-refractivity contribution in [3.63, 3.8) is 0 Å². The molecule has 0 fully saturated rings. The molecule has 2 aromatic carbocycles. The SMILES string of the molecule is CC(NC(=O)c1cccc(C(N)=O)c1)c1ccc(F)cc1. The molecule has 4 nitrogen and oxygen atoms in total. The Kier molecular flexibility index (Phi) is 4.33. The van der Waals surface area contributed by atoms with Crippen molar-refractivity contribution in [3.8, 4) is 0 Å². The molecule has 0 aliphatic heterocycles. The van der Waals surface area contributed by atoms with Crippen molar-refractivity contribution in [1.82, 2.24) is 5.32 Å². The van der Waals surface area contributed by atoms with Gasteiger partial charge in [0.05, 0.1) is 6.04 Å². The van der Waals surface area contributed by atoms with Gasteiger partial charge in [0, 0.05) is 11.1 Å². The molecule has 0 saturated carbocycles. The van der Waals surface area contributed by atoms with Crippen LogP contribution in [0.25, 0.3) is 0 Å². The lowest BCUT2D eigenvalue weighted by molar-refractivity contribution is 0.0940. The predicted molar refractivity (Wildman–Crippen MR) is 77.2 cm³/mol. The van der Waals surface area contributed by atoms with Crippen LogP contribution in [-0.2, 0) is 0 Å². The van der Waals surface area contributed by atoms with Crippen molar-refractivity contribution in [3.05, 3.63) is 71.0 Å². The van der Waals surface area contributed by atoms with E-state index in [-0.39, 0.29) is 23.3 Å². The monoisotopic (exact) mass is 286 g/mol. The van der Waals surface area contributed by atoms with Crippen LogP contribution in [0.4, 0.5) is 4.39 Å². The van der Waals surface area contributed by atoms with Crippen LogP contribution < -0.4 is 11.1 Å². The number of carbonyl (C=O) groups excluding carboxylic acids is 2. The van der Waals surface area contributed by atoms with E-state index in [0.29, 0.717) is 5.56 Å². The molecule has 21 heavy (non-hydrogen) atoms. The summed E-state index contributed by atoms with van der Waals surface area (Å²) in [5, 5.41) is 2.78. The fraction of sp³-hybridized carbons (Fsp3) is 0.125. The van der Waals surface area contributed by atoms with Crippen LogP contribution in [0.5, 0.6) is 0 Å². The number of benzene rings is 2. The van der Waals surface area contributed by atoms with Crippen molar-refractivity contribution >= 4 is 11.8 Å². The summed E-state index contributed by atoms with van der Waals surface area (Å²) in [7, 11) is 0. The number of primary amides is 1. The first kappa shape index (κ1) is 14.7. The Hall–Kier alpha value is -2.69. The summed E-state index contributed by atoms with van der Waals surface area (Å²) in [6.07, 6.45) is 0. The van der Waals surface area contributed by atoms with Crippen molar-refractivity contribution in [2.24, 2.45) is 5.73 Å². The van der Waals surface area contributed by atoms with Crippen LogP contribution in [0.15, 0.2) is 48.5 Å². The Morgan fingerprint density at radius 1 is 1.10 bits per heavy atom. The molecule has 3 N–H and O–H groups in total. The highest BCUT2D eigenvalue weighted by atomic mass is 19.1. The lowest BCUT2D eigenvalue weighted by Gasteiger charge is -2.14. The highest BCUT2D eigenvalue weighted by Crippen LogP contribution is 2.14. The molecule has 2 aromatic rings. The molecule has 0 saturated heterocycles. The van der Waals surface area contributed by atoms with Gasteiger partial charge >= 0.3 is 0 Å². The minimum atomic E-state index is -0.587. The fourth-order valence-corrected chi connectivity index (χ4v) is 1.93. The van der Waals surface area contributed by atoms with Gasteiger partial charge in [-0.2, -0.15) is 0 Å². The molecule has 0 aromatic heterocycles. The minimum Gasteiger partial charge on any atom is -0.366 e. The van der Waals surface area contributed by atoms with E-state index < -0.39 is 5.91 Å². The molecular formula is C16H15FN2O2. The van der Waals surface area contributed by atoms with E-state index in [1.54, 1.807) is 37.3 Å². The summed E-state index contributed by atoms with van der Waals surface area (Å²) in [6.45, 7) is 1.79. The predicted octanol–water partition coefficient (Wildman–Crippen LogP) is 2.42. The molecular weight excluding hydrogens is 271 g/mol. The second-order valence-electron chi connectivity index (χ2n) is 4.69. The van der Waals surface area contributed by atoms with Gasteiger partial charge < -0.3 is 11.1 Å². The van der Waals surface area contributed by atoms with E-state index in [9.17, 15) is 14.0 Å². The average molecular weight is 286 g/mol. The summed E-state index contributed by atoms with van der Waals surface area (Å²) < 4.78 is 12.9. The van der Waals surface area contributed by atoms with Crippen LogP contribution in [0.1, 0.15) is 39.2 Å². The number of carbonyl (C=O) groups is 2. The summed E-state index contributed by atoms with van der Waals surface area (Å²) in [4.78, 5) is 23.2. The Labute approximate surface area is 121 Å². The number of nitrogens with two attached hydrogens (primary N) is 1. The third-order valence-corrected chi connectivity index (χ3v) is 3.13. The van der Waals surface area contributed by atoms with Gasteiger partial charge in [-0.25, -0.2) is 4.39 Å². The lowest BCUT2D eigenvalue weighted by Crippen LogP contribution is -2.27. The first-order chi connectivity index (χ1) is 9.97. The average Bonchev–Trinajstić information content (AvgIpc) is 2.48. The van der Waals surface area contributed by atoms with Crippen LogP contribution in [0, 0.1) is 5.82 Å². The summed E-state index contributed by atoms with van der Waals surface area (Å²) >= 11 is 0. The van der Waals surface area contributed by atoms with Crippen molar-refractivity contribution in [2.45, 2.75) is 13.0 Å². The molecule has 2 rings (SSSR count). The third-order valence-electron chi connectivity index (χ3n) is 3.13. The van der Waals surface area contributed by atoms with E-state index in [1.807, 2.05) is 0 Å². The van der Waals surface area contributed by atoms with Crippen LogP contribution in [0.3, 0.4) is 0 Å². The van der Waals surface area contributed by atoms with Gasteiger partial charge in [0.25, 0.3) is 5.91 Å². The summed E-state index contributed by atoms with van der Waals surface area (Å²) in [5.41, 5.74) is 6.59. The maximum atomic E-state index is 12.9. The Morgan fingerprint density at radius 3 is 2.33 bits per heavy atom. The molecule has 108 valence electrons. The molecule has 0 aliphatic rings. The van der Waals surface area contributed by atoms with Gasteiger partial charge in [-0.1, -0.05) is 18.2 Å². The Bertz CT molecular complexity index is 668. The number of rotatable bonds is 4. The topological polar surface area (TPSA) is 72.2 Å². The van der Waals surface area contributed by atoms with Crippen molar-refractivity contribution < 1.29 is 14.0 Å². The van der Waals surface area contributed by atoms with E-state index >= 15 is 0 Å². The number of halogens is 1. The molecule has 0 radical (unpaired) electrons. The number of hydrogen-bond donors (Lipinski definition) is 2. The second kappa shape index (κ2) is 6.17. The first-order valence-electron chi connectivity index (χ1n) is 6.43. The van der Waals surface area contributed by atoms with E-state index in [0.717, 1.165) is 5.56 Å². The summed E-state index contributed by atoms with van der Waals surface area (Å²) in [5.74, 6) is -1.24. The van der Waals surface area contributed by atoms with Crippen LogP contribution in [-0.4, -0.2) is 11.8 Å². The zero-order valence-corrected chi connectivity index (χ0v) is 11.5. The quantitative estimate of drug-likeness (QED) is 0.906. The Balaban J connectivity index is 2.12. The molecule has 5 heteroatoms. The smallest absolute Gasteiger partial charge is 0.251 e. The highest BCUT2D eigenvalue weighted by Gasteiger charge is 2.12. The van der Waals surface area contributed by atoms with E-state index in [4.69, 9.17) is 5.73 Å². The fourth-order valence-electron chi connectivity index (χ4n) is 1.93. The van der Waals surface area contributed by atoms with E-state index in [1.165, 1.54) is 18.2 Å². The number of nitrogens with one attached hydrogen (secondary N) is 1. The third kappa shape index (κ3) is 3.66. The van der Waals surface area contributed by atoms with Gasteiger partial charge in [0.2, 0.25) is 5.91 Å². The zero-order valence-electron chi connectivity index (χ0n) is 11.5. The molecule has 1 unspecified atom stereocenters.